The van der Waals surface area contributed by atoms with E-state index in [1.54, 1.807) is 13.8 Å². The highest BCUT2D eigenvalue weighted by Gasteiger charge is 2.31. The summed E-state index contributed by atoms with van der Waals surface area (Å²) in [5, 5.41) is 43.9. The van der Waals surface area contributed by atoms with Gasteiger partial charge in [0.25, 0.3) is 0 Å². The summed E-state index contributed by atoms with van der Waals surface area (Å²) in [6.45, 7) is 2.38. The van der Waals surface area contributed by atoms with Gasteiger partial charge in [0, 0.05) is 6.42 Å². The lowest BCUT2D eigenvalue weighted by Crippen LogP contribution is -2.59. The minimum atomic E-state index is -1.62. The summed E-state index contributed by atoms with van der Waals surface area (Å²) in [4.78, 5) is 60.0. The van der Waals surface area contributed by atoms with E-state index in [-0.39, 0.29) is 18.1 Å². The molecule has 0 saturated heterocycles. The molecule has 1 aromatic rings. The average Bonchev–Trinajstić information content (AvgIpc) is 2.76. The standard InChI is InChI=1S/C21H30N4O9/c1-10(2)17(22)20(32)23-13(8-16(28)29)18(30)25-15(9-26)19(31)24-14(21(33)34)7-11-3-5-12(27)6-4-11/h3-6,10,13-15,17,26-27H,7-9,22H2,1-2H3,(H,23,32)(H,24,31)(H,25,30)(H,28,29)(H,33,34). The number of carbonyl (C=O) groups is 5. The van der Waals surface area contributed by atoms with Gasteiger partial charge in [-0.2, -0.15) is 0 Å². The fourth-order valence-corrected chi connectivity index (χ4v) is 2.76. The summed E-state index contributed by atoms with van der Waals surface area (Å²) >= 11 is 0. The molecule has 34 heavy (non-hydrogen) atoms. The van der Waals surface area contributed by atoms with Crippen molar-refractivity contribution in [3.05, 3.63) is 29.8 Å². The number of aliphatic hydroxyl groups is 1. The van der Waals surface area contributed by atoms with E-state index in [0.717, 1.165) is 0 Å². The first kappa shape index (κ1) is 28.3. The van der Waals surface area contributed by atoms with E-state index in [4.69, 9.17) is 10.8 Å². The van der Waals surface area contributed by atoms with Gasteiger partial charge in [-0.25, -0.2) is 4.79 Å². The van der Waals surface area contributed by atoms with Gasteiger partial charge in [-0.1, -0.05) is 26.0 Å². The van der Waals surface area contributed by atoms with Gasteiger partial charge >= 0.3 is 11.9 Å². The van der Waals surface area contributed by atoms with Crippen molar-refractivity contribution in [2.45, 2.75) is 50.9 Å². The molecule has 13 heteroatoms. The molecule has 0 aliphatic rings. The normalized spacial score (nSPS) is 14.4. The molecule has 0 saturated carbocycles. The Morgan fingerprint density at radius 2 is 1.35 bits per heavy atom. The van der Waals surface area contributed by atoms with Gasteiger partial charge in [-0.3, -0.25) is 19.2 Å². The zero-order valence-electron chi connectivity index (χ0n) is 18.7. The molecule has 0 aliphatic heterocycles. The summed E-state index contributed by atoms with van der Waals surface area (Å²) in [7, 11) is 0. The van der Waals surface area contributed by atoms with Crippen molar-refractivity contribution < 1.29 is 44.4 Å². The first-order valence-electron chi connectivity index (χ1n) is 10.4. The van der Waals surface area contributed by atoms with Crippen molar-refractivity contribution in [1.29, 1.82) is 0 Å². The number of nitrogens with one attached hydrogen (secondary N) is 3. The van der Waals surface area contributed by atoms with Gasteiger partial charge in [0.2, 0.25) is 17.7 Å². The molecule has 0 heterocycles. The molecule has 0 radical (unpaired) electrons. The van der Waals surface area contributed by atoms with E-state index in [1.165, 1.54) is 24.3 Å². The number of phenolic OH excluding ortho intramolecular Hbond substituents is 1. The molecule has 9 N–H and O–H groups in total. The topological polar surface area (TPSA) is 228 Å². The first-order valence-corrected chi connectivity index (χ1v) is 10.4. The number of phenols is 1. The predicted octanol–water partition coefficient (Wildman–Crippen LogP) is -2.08. The molecule has 0 spiro atoms. The Balaban J connectivity index is 2.90. The second-order valence-electron chi connectivity index (χ2n) is 7.94. The zero-order chi connectivity index (χ0) is 26.0. The number of carboxylic acids is 2. The first-order chi connectivity index (χ1) is 15.8. The van der Waals surface area contributed by atoms with Crippen LogP contribution in [0.4, 0.5) is 0 Å². The number of benzene rings is 1. The molecular formula is C21H30N4O9. The number of carbonyl (C=O) groups excluding carboxylic acids is 3. The van der Waals surface area contributed by atoms with Crippen molar-refractivity contribution in [3.63, 3.8) is 0 Å². The number of aliphatic hydroxyl groups excluding tert-OH is 1. The minimum Gasteiger partial charge on any atom is -0.508 e. The van der Waals surface area contributed by atoms with Crippen LogP contribution in [-0.4, -0.2) is 80.9 Å². The Kier molecular flexibility index (Phi) is 10.9. The van der Waals surface area contributed by atoms with Crippen LogP contribution in [0.2, 0.25) is 0 Å². The Morgan fingerprint density at radius 1 is 0.853 bits per heavy atom. The van der Waals surface area contributed by atoms with Crippen molar-refractivity contribution in [2.24, 2.45) is 11.7 Å². The maximum Gasteiger partial charge on any atom is 0.326 e. The molecule has 1 aromatic carbocycles. The molecule has 0 bridgehead atoms. The molecule has 3 amide bonds. The lowest BCUT2D eigenvalue weighted by atomic mass is 10.0. The van der Waals surface area contributed by atoms with E-state index >= 15 is 0 Å². The van der Waals surface area contributed by atoms with Gasteiger partial charge in [0.15, 0.2) is 0 Å². The number of carboxylic acid groups (broad SMARTS) is 2. The number of hydrogen-bond acceptors (Lipinski definition) is 8. The Bertz CT molecular complexity index is 889. The predicted molar refractivity (Wildman–Crippen MR) is 117 cm³/mol. The molecular weight excluding hydrogens is 452 g/mol. The maximum atomic E-state index is 12.6. The quantitative estimate of drug-likeness (QED) is 0.153. The van der Waals surface area contributed by atoms with E-state index in [0.29, 0.717) is 5.56 Å². The van der Waals surface area contributed by atoms with Crippen LogP contribution in [0.15, 0.2) is 24.3 Å². The summed E-state index contributed by atoms with van der Waals surface area (Å²) in [6, 6.07) is -0.0546. The summed E-state index contributed by atoms with van der Waals surface area (Å²) in [6.07, 6.45) is -0.973. The van der Waals surface area contributed by atoms with E-state index in [1.807, 2.05) is 0 Å². The van der Waals surface area contributed by atoms with E-state index in [2.05, 4.69) is 16.0 Å². The SMILES string of the molecule is CC(C)C(N)C(=O)NC(CC(=O)O)C(=O)NC(CO)C(=O)NC(Cc1ccc(O)cc1)C(=O)O. The highest BCUT2D eigenvalue weighted by atomic mass is 16.4. The zero-order valence-corrected chi connectivity index (χ0v) is 18.7. The van der Waals surface area contributed by atoms with E-state index in [9.17, 15) is 39.3 Å². The van der Waals surface area contributed by atoms with Crippen LogP contribution in [0.25, 0.3) is 0 Å². The largest absolute Gasteiger partial charge is 0.508 e. The number of hydrogen-bond donors (Lipinski definition) is 8. The molecule has 4 unspecified atom stereocenters. The number of amides is 3. The van der Waals surface area contributed by atoms with Crippen LogP contribution in [-0.2, 0) is 30.4 Å². The van der Waals surface area contributed by atoms with Crippen LogP contribution < -0.4 is 21.7 Å². The maximum absolute atomic E-state index is 12.6. The van der Waals surface area contributed by atoms with Crippen LogP contribution in [0.1, 0.15) is 25.8 Å². The fraction of sp³-hybridized carbons (Fsp3) is 0.476. The molecule has 0 aromatic heterocycles. The summed E-state index contributed by atoms with van der Waals surface area (Å²) in [5.74, 6) is -6.02. The molecule has 4 atom stereocenters. The van der Waals surface area contributed by atoms with E-state index < -0.39 is 66.9 Å². The van der Waals surface area contributed by atoms with Crippen LogP contribution in [0, 0.1) is 5.92 Å². The second-order valence-corrected chi connectivity index (χ2v) is 7.94. The van der Waals surface area contributed by atoms with Crippen molar-refractivity contribution in [3.8, 4) is 5.75 Å². The van der Waals surface area contributed by atoms with Crippen molar-refractivity contribution >= 4 is 29.7 Å². The highest BCUT2D eigenvalue weighted by molar-refractivity contribution is 5.95. The average molecular weight is 482 g/mol. The number of nitrogens with two attached hydrogens (primary N) is 1. The summed E-state index contributed by atoms with van der Waals surface area (Å²) in [5.41, 5.74) is 6.19. The third kappa shape index (κ3) is 9.03. The third-order valence-corrected chi connectivity index (χ3v) is 4.84. The monoisotopic (exact) mass is 482 g/mol. The molecule has 0 fully saturated rings. The van der Waals surface area contributed by atoms with Crippen LogP contribution in [0.3, 0.4) is 0 Å². The molecule has 0 aliphatic carbocycles. The van der Waals surface area contributed by atoms with Crippen molar-refractivity contribution in [1.82, 2.24) is 16.0 Å². The minimum absolute atomic E-state index is 0.0277. The second kappa shape index (κ2) is 13.1. The highest BCUT2D eigenvalue weighted by Crippen LogP contribution is 2.11. The number of rotatable bonds is 13. The lowest BCUT2D eigenvalue weighted by Gasteiger charge is -2.24. The van der Waals surface area contributed by atoms with Gasteiger partial charge in [0.1, 0.15) is 23.9 Å². The Labute approximate surface area is 195 Å². The summed E-state index contributed by atoms with van der Waals surface area (Å²) < 4.78 is 0. The number of aliphatic carboxylic acids is 2. The lowest BCUT2D eigenvalue weighted by molar-refractivity contribution is -0.143. The number of aromatic hydroxyl groups is 1. The Hall–Kier alpha value is -3.71. The fourth-order valence-electron chi connectivity index (χ4n) is 2.76. The van der Waals surface area contributed by atoms with Crippen molar-refractivity contribution in [2.75, 3.05) is 6.61 Å². The van der Waals surface area contributed by atoms with Gasteiger partial charge in [-0.05, 0) is 23.6 Å². The Morgan fingerprint density at radius 3 is 1.82 bits per heavy atom. The van der Waals surface area contributed by atoms with Gasteiger partial charge in [0.05, 0.1) is 19.1 Å². The van der Waals surface area contributed by atoms with Crippen LogP contribution in [0.5, 0.6) is 5.75 Å². The van der Waals surface area contributed by atoms with Gasteiger partial charge in [-0.15, -0.1) is 0 Å². The smallest absolute Gasteiger partial charge is 0.326 e. The third-order valence-electron chi connectivity index (χ3n) is 4.84. The molecule has 13 nitrogen and oxygen atoms in total. The molecule has 1 rings (SSSR count). The van der Waals surface area contributed by atoms with Gasteiger partial charge < -0.3 is 42.1 Å². The van der Waals surface area contributed by atoms with Crippen LogP contribution >= 0.6 is 0 Å². The molecule has 188 valence electrons.